The molecule has 0 saturated heterocycles. The molecule has 1 aromatic rings. The van der Waals surface area contributed by atoms with Crippen LogP contribution >= 0.6 is 12.6 Å². The van der Waals surface area contributed by atoms with E-state index < -0.39 is 0 Å². The molecule has 0 atom stereocenters. The molecular weight excluding hydrogens is 250 g/mol. The maximum Gasteiger partial charge on any atom is 0.251 e. The molecule has 0 fully saturated rings. The zero-order chi connectivity index (χ0) is 13.2. The third kappa shape index (κ3) is 6.05. The maximum absolute atomic E-state index is 11.7. The lowest BCUT2D eigenvalue weighted by Crippen LogP contribution is -2.25. The Morgan fingerprint density at radius 1 is 1.22 bits per heavy atom. The fraction of sp³-hybridized carbons (Fsp3) is 0.462. The predicted molar refractivity (Wildman–Crippen MR) is 73.3 cm³/mol. The number of benzene rings is 1. The molecule has 100 valence electrons. The highest BCUT2D eigenvalue weighted by Crippen LogP contribution is 2.07. The van der Waals surface area contributed by atoms with Gasteiger partial charge < -0.3 is 14.8 Å². The van der Waals surface area contributed by atoms with Crippen LogP contribution < -0.4 is 5.32 Å². The predicted octanol–water partition coefficient (Wildman–Crippen LogP) is 1.76. The lowest BCUT2D eigenvalue weighted by molar-refractivity contribution is 0.0688. The summed E-state index contributed by atoms with van der Waals surface area (Å²) in [6.45, 7) is 2.42. The molecule has 0 aliphatic carbocycles. The zero-order valence-corrected chi connectivity index (χ0v) is 11.4. The first kappa shape index (κ1) is 15.0. The van der Waals surface area contributed by atoms with Gasteiger partial charge in [-0.2, -0.15) is 0 Å². The normalized spacial score (nSPS) is 10.3. The zero-order valence-electron chi connectivity index (χ0n) is 10.5. The SMILES string of the molecule is COCCOCCCNC(=O)c1ccc(S)cc1. The Hall–Kier alpha value is -1.04. The van der Waals surface area contributed by atoms with Gasteiger partial charge in [0.2, 0.25) is 0 Å². The van der Waals surface area contributed by atoms with E-state index in [0.717, 1.165) is 11.3 Å². The van der Waals surface area contributed by atoms with E-state index in [4.69, 9.17) is 9.47 Å². The van der Waals surface area contributed by atoms with E-state index in [-0.39, 0.29) is 5.91 Å². The van der Waals surface area contributed by atoms with Gasteiger partial charge in [0.15, 0.2) is 0 Å². The molecule has 0 heterocycles. The summed E-state index contributed by atoms with van der Waals surface area (Å²) in [6, 6.07) is 7.11. The Labute approximate surface area is 113 Å². The monoisotopic (exact) mass is 269 g/mol. The molecule has 0 aliphatic rings. The van der Waals surface area contributed by atoms with E-state index in [0.29, 0.717) is 31.9 Å². The first-order valence-electron chi connectivity index (χ1n) is 5.88. The van der Waals surface area contributed by atoms with Gasteiger partial charge in [0.1, 0.15) is 0 Å². The van der Waals surface area contributed by atoms with E-state index in [1.807, 2.05) is 0 Å². The minimum absolute atomic E-state index is 0.0692. The van der Waals surface area contributed by atoms with Crippen molar-refractivity contribution >= 4 is 18.5 Å². The lowest BCUT2D eigenvalue weighted by atomic mass is 10.2. The number of methoxy groups -OCH3 is 1. The molecule has 4 nitrogen and oxygen atoms in total. The Balaban J connectivity index is 2.12. The van der Waals surface area contributed by atoms with Gasteiger partial charge in [0.25, 0.3) is 5.91 Å². The van der Waals surface area contributed by atoms with Crippen LogP contribution in [0.15, 0.2) is 29.2 Å². The van der Waals surface area contributed by atoms with Crippen LogP contribution in [0.3, 0.4) is 0 Å². The fourth-order valence-electron chi connectivity index (χ4n) is 1.34. The second-order valence-electron chi connectivity index (χ2n) is 3.76. The van der Waals surface area contributed by atoms with Crippen LogP contribution in [0.2, 0.25) is 0 Å². The first-order valence-corrected chi connectivity index (χ1v) is 6.32. The minimum Gasteiger partial charge on any atom is -0.382 e. The van der Waals surface area contributed by atoms with Gasteiger partial charge in [-0.15, -0.1) is 12.6 Å². The highest BCUT2D eigenvalue weighted by atomic mass is 32.1. The van der Waals surface area contributed by atoms with E-state index in [9.17, 15) is 4.79 Å². The summed E-state index contributed by atoms with van der Waals surface area (Å²) in [6.07, 6.45) is 0.792. The number of carbonyl (C=O) groups excluding carboxylic acids is 1. The number of rotatable bonds is 8. The molecule has 0 radical (unpaired) electrons. The number of amides is 1. The van der Waals surface area contributed by atoms with Gasteiger partial charge in [0, 0.05) is 30.7 Å². The fourth-order valence-corrected chi connectivity index (χ4v) is 1.48. The van der Waals surface area contributed by atoms with Gasteiger partial charge >= 0.3 is 0 Å². The van der Waals surface area contributed by atoms with E-state index in [1.165, 1.54) is 0 Å². The molecule has 0 aliphatic heterocycles. The van der Waals surface area contributed by atoms with Crippen molar-refractivity contribution in [2.75, 3.05) is 33.5 Å². The number of thiol groups is 1. The average molecular weight is 269 g/mol. The molecule has 0 unspecified atom stereocenters. The average Bonchev–Trinajstić information content (AvgIpc) is 2.38. The third-order valence-electron chi connectivity index (χ3n) is 2.31. The van der Waals surface area contributed by atoms with E-state index >= 15 is 0 Å². The summed E-state index contributed by atoms with van der Waals surface area (Å²) >= 11 is 4.17. The van der Waals surface area contributed by atoms with Crippen LogP contribution in [0, 0.1) is 0 Å². The first-order chi connectivity index (χ1) is 8.74. The number of hydrogen-bond acceptors (Lipinski definition) is 4. The third-order valence-corrected chi connectivity index (χ3v) is 2.61. The van der Waals surface area contributed by atoms with Gasteiger partial charge in [0.05, 0.1) is 13.2 Å². The van der Waals surface area contributed by atoms with Crippen molar-refractivity contribution in [1.29, 1.82) is 0 Å². The van der Waals surface area contributed by atoms with Crippen LogP contribution in [0.1, 0.15) is 16.8 Å². The molecule has 5 heteroatoms. The molecule has 0 bridgehead atoms. The summed E-state index contributed by atoms with van der Waals surface area (Å²) < 4.78 is 10.1. The number of nitrogens with one attached hydrogen (secondary N) is 1. The van der Waals surface area contributed by atoms with Gasteiger partial charge in [-0.1, -0.05) is 0 Å². The largest absolute Gasteiger partial charge is 0.382 e. The Bertz CT molecular complexity index is 354. The van der Waals surface area contributed by atoms with Crippen molar-refractivity contribution in [2.24, 2.45) is 0 Å². The van der Waals surface area contributed by atoms with Crippen molar-refractivity contribution < 1.29 is 14.3 Å². The molecule has 0 aromatic heterocycles. The quantitative estimate of drug-likeness (QED) is 0.558. The van der Waals surface area contributed by atoms with Crippen molar-refractivity contribution in [3.63, 3.8) is 0 Å². The van der Waals surface area contributed by atoms with Crippen LogP contribution in [0.5, 0.6) is 0 Å². The second-order valence-corrected chi connectivity index (χ2v) is 4.28. The highest BCUT2D eigenvalue weighted by molar-refractivity contribution is 7.80. The number of carbonyl (C=O) groups is 1. The topological polar surface area (TPSA) is 47.6 Å². The molecule has 18 heavy (non-hydrogen) atoms. The molecule has 1 N–H and O–H groups in total. The van der Waals surface area contributed by atoms with Crippen LogP contribution in [-0.4, -0.2) is 39.4 Å². The summed E-state index contributed by atoms with van der Waals surface area (Å²) in [5, 5.41) is 2.83. The van der Waals surface area contributed by atoms with Crippen LogP contribution in [-0.2, 0) is 9.47 Å². The van der Waals surface area contributed by atoms with Gasteiger partial charge in [-0.25, -0.2) is 0 Å². The van der Waals surface area contributed by atoms with Gasteiger partial charge in [-0.3, -0.25) is 4.79 Å². The summed E-state index contributed by atoms with van der Waals surface area (Å²) in [4.78, 5) is 12.5. The standard InChI is InChI=1S/C13H19NO3S/c1-16-9-10-17-8-2-7-14-13(15)11-3-5-12(18)6-4-11/h3-6,18H,2,7-10H2,1H3,(H,14,15). The molecule has 1 aromatic carbocycles. The Kier molecular flexibility index (Phi) is 7.48. The van der Waals surface area contributed by atoms with Gasteiger partial charge in [-0.05, 0) is 30.7 Å². The Morgan fingerprint density at radius 3 is 2.61 bits per heavy atom. The van der Waals surface area contributed by atoms with Crippen molar-refractivity contribution in [1.82, 2.24) is 5.32 Å². The van der Waals surface area contributed by atoms with Crippen molar-refractivity contribution in [3.8, 4) is 0 Å². The van der Waals surface area contributed by atoms with Crippen LogP contribution in [0.4, 0.5) is 0 Å². The summed E-state index contributed by atoms with van der Waals surface area (Å²) in [5.74, 6) is -0.0692. The number of ether oxygens (including phenoxy) is 2. The van der Waals surface area contributed by atoms with Crippen molar-refractivity contribution in [3.05, 3.63) is 29.8 Å². The molecule has 0 saturated carbocycles. The highest BCUT2D eigenvalue weighted by Gasteiger charge is 2.03. The number of hydrogen-bond donors (Lipinski definition) is 2. The Morgan fingerprint density at radius 2 is 1.94 bits per heavy atom. The molecule has 1 rings (SSSR count). The minimum atomic E-state index is -0.0692. The summed E-state index contributed by atoms with van der Waals surface area (Å²) in [7, 11) is 1.64. The maximum atomic E-state index is 11.7. The molecule has 1 amide bonds. The molecule has 0 spiro atoms. The van der Waals surface area contributed by atoms with Crippen LogP contribution in [0.25, 0.3) is 0 Å². The smallest absolute Gasteiger partial charge is 0.251 e. The lowest BCUT2D eigenvalue weighted by Gasteiger charge is -2.06. The van der Waals surface area contributed by atoms with Crippen molar-refractivity contribution in [2.45, 2.75) is 11.3 Å². The van der Waals surface area contributed by atoms with E-state index in [2.05, 4.69) is 17.9 Å². The second kappa shape index (κ2) is 8.97. The van der Waals surface area contributed by atoms with E-state index in [1.54, 1.807) is 31.4 Å². The molecular formula is C13H19NO3S. The summed E-state index contributed by atoms with van der Waals surface area (Å²) in [5.41, 5.74) is 0.646.